The van der Waals surface area contributed by atoms with E-state index >= 15 is 0 Å². The zero-order valence-electron chi connectivity index (χ0n) is 80.6. The normalized spacial score (nSPS) is 12.0. The molecular formula is C141H96N6. The quantitative estimate of drug-likeness (QED) is 0.0798. The third-order valence-electron chi connectivity index (χ3n) is 29.9. The van der Waals surface area contributed by atoms with Crippen molar-refractivity contribution in [2.45, 2.75) is 5.41 Å². The van der Waals surface area contributed by atoms with Gasteiger partial charge in [-0.05, 0) is 314 Å². The SMILES string of the molecule is c1ccc(N(c2ccc3c(c2)C2(c4cc(N(c5ccccc5)c5cccc6ccccc56)ccc4-3)c3cc(N(c4ccccc4)c4cccc5ccccc45)ccc3-c3ccc(N(c4ccccc4)c4cccc5ccccc45)cc32)c2cccc3ccccc23)cc1.c1ccc2cc(N(c3ccc(-c4ccc(N(c5ccc6ccccc6c5)c5ccc6ccccc6c5)cc4)cc3)c3ccc4ccccc4c3)ccc2c1. The zero-order chi connectivity index (χ0) is 97.2. The molecule has 147 heavy (non-hydrogen) atoms. The molecule has 0 heterocycles. The Morgan fingerprint density at radius 2 is 0.286 bits per heavy atom. The summed E-state index contributed by atoms with van der Waals surface area (Å²) in [4.78, 5) is 14.6. The topological polar surface area (TPSA) is 19.4 Å². The Hall–Kier alpha value is -19.4. The molecule has 26 aromatic rings. The average Bonchev–Trinajstić information content (AvgIpc) is 1.50. The molecule has 0 radical (unpaired) electrons. The minimum absolute atomic E-state index is 0.919. The highest BCUT2D eigenvalue weighted by atomic mass is 15.2. The molecule has 0 fully saturated rings. The van der Waals surface area contributed by atoms with Crippen LogP contribution in [-0.4, -0.2) is 0 Å². The Kier molecular flexibility index (Phi) is 21.8. The fourth-order valence-electron chi connectivity index (χ4n) is 23.1. The van der Waals surface area contributed by atoms with Gasteiger partial charge in [-0.2, -0.15) is 0 Å². The van der Waals surface area contributed by atoms with Gasteiger partial charge < -0.3 is 29.4 Å². The Labute approximate surface area is 855 Å². The predicted octanol–water partition coefficient (Wildman–Crippen LogP) is 39.4. The highest BCUT2D eigenvalue weighted by Gasteiger charge is 2.53. The Balaban J connectivity index is 0.000000168. The summed E-state index contributed by atoms with van der Waals surface area (Å²) in [5.74, 6) is 0. The summed E-state index contributed by atoms with van der Waals surface area (Å²) in [6.07, 6.45) is 0. The Bertz CT molecular complexity index is 8470. The van der Waals surface area contributed by atoms with Crippen molar-refractivity contribution in [1.29, 1.82) is 0 Å². The van der Waals surface area contributed by atoms with E-state index in [1.165, 1.54) is 142 Å². The van der Waals surface area contributed by atoms with Crippen molar-refractivity contribution in [2.75, 3.05) is 29.4 Å². The molecule has 690 valence electrons. The number of rotatable bonds is 19. The van der Waals surface area contributed by atoms with Crippen molar-refractivity contribution < 1.29 is 0 Å². The maximum atomic E-state index is 2.54. The Morgan fingerprint density at radius 1 is 0.109 bits per heavy atom. The first-order valence-electron chi connectivity index (χ1n) is 50.6. The smallest absolute Gasteiger partial charge is 0.0728 e. The van der Waals surface area contributed by atoms with E-state index in [4.69, 9.17) is 0 Å². The van der Waals surface area contributed by atoms with Crippen LogP contribution in [0.5, 0.6) is 0 Å². The number of hydrogen-bond donors (Lipinski definition) is 0. The van der Waals surface area contributed by atoms with Crippen LogP contribution >= 0.6 is 0 Å². The van der Waals surface area contributed by atoms with Gasteiger partial charge in [-0.3, -0.25) is 0 Å². The molecule has 0 aliphatic heterocycles. The lowest BCUT2D eigenvalue weighted by atomic mass is 9.70. The van der Waals surface area contributed by atoms with Crippen molar-refractivity contribution in [2.24, 2.45) is 0 Å². The van der Waals surface area contributed by atoms with E-state index in [-0.39, 0.29) is 0 Å². The molecule has 6 nitrogen and oxygen atoms in total. The van der Waals surface area contributed by atoms with Crippen molar-refractivity contribution in [3.63, 3.8) is 0 Å². The Morgan fingerprint density at radius 3 is 0.524 bits per heavy atom. The third-order valence-corrected chi connectivity index (χ3v) is 29.9. The van der Waals surface area contributed by atoms with Gasteiger partial charge in [0.2, 0.25) is 0 Å². The molecule has 2 aliphatic rings. The van der Waals surface area contributed by atoms with Crippen LogP contribution in [0, 0.1) is 0 Å². The van der Waals surface area contributed by atoms with Crippen LogP contribution in [-0.2, 0) is 5.41 Å². The first kappa shape index (κ1) is 86.7. The van der Waals surface area contributed by atoms with Gasteiger partial charge >= 0.3 is 0 Å². The van der Waals surface area contributed by atoms with Crippen LogP contribution in [0.3, 0.4) is 0 Å². The van der Waals surface area contributed by atoms with Crippen LogP contribution in [0.4, 0.5) is 102 Å². The van der Waals surface area contributed by atoms with E-state index in [9.17, 15) is 0 Å². The maximum Gasteiger partial charge on any atom is 0.0728 e. The summed E-state index contributed by atoms with van der Waals surface area (Å²) in [5, 5.41) is 19.3. The molecule has 0 bridgehead atoms. The lowest BCUT2D eigenvalue weighted by Crippen LogP contribution is -2.27. The van der Waals surface area contributed by atoms with Gasteiger partial charge in [0.1, 0.15) is 0 Å². The number of benzene rings is 26. The minimum Gasteiger partial charge on any atom is -0.310 e. The standard InChI is InChI=1S/C89H60N4.C52H36N2/c1-5-33-65(34-6-1)90(85-45-21-29-61-25-13-17-41-73(61)85)69-49-53-77-78-54-50-70(91(66-35-7-2-8-36-66)86-46-22-30-62-26-14-18-42-74(62)86)58-82(78)89(81(77)57-69)83-59-71(92(67-37-9-3-10-38-67)87-47-23-31-63-27-15-19-43-75(63)87)51-55-79(83)80-56-52-72(60-84(80)89)93(68-39-11-4-12-40-68)88-48-24-32-64-28-16-20-44-76(64)88;1-5-13-43-33-49(29-21-37(43)9-1)53(50-30-22-38-10-2-6-14-44(38)34-50)47-25-17-41(18-26-47)42-19-27-48(28-20-42)54(51-31-23-39-11-3-7-15-45(39)35-51)52-32-24-40-12-4-8-16-46(40)36-52/h1-60H;1-36H. The van der Waals surface area contributed by atoms with E-state index in [1.807, 2.05) is 0 Å². The molecular weight excluding hydrogens is 1780 g/mol. The zero-order valence-corrected chi connectivity index (χ0v) is 80.6. The monoisotopic (exact) mass is 1870 g/mol. The highest BCUT2D eigenvalue weighted by Crippen LogP contribution is 2.66. The van der Waals surface area contributed by atoms with Crippen LogP contribution in [0.15, 0.2) is 582 Å². The summed E-state index contributed by atoms with van der Waals surface area (Å²) >= 11 is 0. The maximum absolute atomic E-state index is 2.54. The molecule has 6 heteroatoms. The van der Waals surface area contributed by atoms with Gasteiger partial charge in [0.15, 0.2) is 0 Å². The summed E-state index contributed by atoms with van der Waals surface area (Å²) in [7, 11) is 0. The molecule has 0 amide bonds. The second-order valence-electron chi connectivity index (χ2n) is 38.2. The summed E-state index contributed by atoms with van der Waals surface area (Å²) in [6, 6.07) is 214. The number of hydrogen-bond acceptors (Lipinski definition) is 6. The molecule has 1 spiro atoms. The van der Waals surface area contributed by atoms with Gasteiger partial charge in [-0.25, -0.2) is 0 Å². The molecule has 0 atom stereocenters. The average molecular weight is 1870 g/mol. The van der Waals surface area contributed by atoms with Crippen LogP contribution in [0.2, 0.25) is 0 Å². The number of nitrogens with zero attached hydrogens (tertiary/aromatic N) is 6. The van der Waals surface area contributed by atoms with Gasteiger partial charge in [-0.1, -0.05) is 388 Å². The van der Waals surface area contributed by atoms with Gasteiger partial charge in [0.05, 0.1) is 28.2 Å². The lowest BCUT2D eigenvalue weighted by molar-refractivity contribution is 0.793. The van der Waals surface area contributed by atoms with E-state index in [0.29, 0.717) is 0 Å². The van der Waals surface area contributed by atoms with Crippen LogP contribution in [0.25, 0.3) is 120 Å². The highest BCUT2D eigenvalue weighted by molar-refractivity contribution is 6.08. The van der Waals surface area contributed by atoms with E-state index in [1.54, 1.807) is 0 Å². The van der Waals surface area contributed by atoms with Crippen molar-refractivity contribution >= 4 is 189 Å². The third kappa shape index (κ3) is 15.5. The summed E-state index contributed by atoms with van der Waals surface area (Å²) in [6.45, 7) is 0. The van der Waals surface area contributed by atoms with Crippen LogP contribution < -0.4 is 29.4 Å². The first-order valence-corrected chi connectivity index (χ1v) is 50.6. The second-order valence-corrected chi connectivity index (χ2v) is 38.2. The lowest BCUT2D eigenvalue weighted by Gasteiger charge is -2.35. The summed E-state index contributed by atoms with van der Waals surface area (Å²) < 4.78 is 0. The molecule has 0 N–H and O–H groups in total. The number of para-hydroxylation sites is 4. The predicted molar refractivity (Wildman–Crippen MR) is 623 cm³/mol. The van der Waals surface area contributed by atoms with E-state index in [2.05, 4.69) is 612 Å². The van der Waals surface area contributed by atoms with Crippen molar-refractivity contribution in [3.8, 4) is 33.4 Å². The van der Waals surface area contributed by atoms with E-state index in [0.717, 1.165) is 102 Å². The molecule has 0 saturated carbocycles. The molecule has 0 saturated heterocycles. The number of fused-ring (bicyclic) bond motifs is 18. The van der Waals surface area contributed by atoms with Gasteiger partial charge in [0, 0.05) is 101 Å². The first-order chi connectivity index (χ1) is 72.9. The molecule has 0 aromatic heterocycles. The van der Waals surface area contributed by atoms with Crippen molar-refractivity contribution in [1.82, 2.24) is 0 Å². The number of anilines is 18. The fraction of sp³-hybridized carbons (Fsp3) is 0.00709. The fourth-order valence-corrected chi connectivity index (χ4v) is 23.1. The van der Waals surface area contributed by atoms with E-state index < -0.39 is 5.41 Å². The largest absolute Gasteiger partial charge is 0.310 e. The van der Waals surface area contributed by atoms with Gasteiger partial charge in [-0.15, -0.1) is 0 Å². The second kappa shape index (κ2) is 36.9. The molecule has 28 rings (SSSR count). The summed E-state index contributed by atoms with van der Waals surface area (Å²) in [5.41, 5.74) is 30.8. The minimum atomic E-state index is -0.919. The molecule has 2 aliphatic carbocycles. The van der Waals surface area contributed by atoms with Gasteiger partial charge in [0.25, 0.3) is 0 Å². The molecule has 26 aromatic carbocycles. The molecule has 0 unspecified atom stereocenters. The van der Waals surface area contributed by atoms with Crippen molar-refractivity contribution in [3.05, 3.63) is 605 Å². The van der Waals surface area contributed by atoms with Crippen LogP contribution in [0.1, 0.15) is 22.3 Å².